The summed E-state index contributed by atoms with van der Waals surface area (Å²) >= 11 is 3.56. The molecule has 1 N–H and O–H groups in total. The van der Waals surface area contributed by atoms with Crippen molar-refractivity contribution in [3.8, 4) is 5.75 Å². The Morgan fingerprint density at radius 3 is 2.72 bits per heavy atom. The highest BCUT2D eigenvalue weighted by molar-refractivity contribution is 9.10. The second kappa shape index (κ2) is 13.5. The molecule has 236 valence electrons. The first-order chi connectivity index (χ1) is 22.2. The second-order valence-corrected chi connectivity index (χ2v) is 13.5. The van der Waals surface area contributed by atoms with Crippen molar-refractivity contribution in [1.29, 1.82) is 0 Å². The number of nitrogens with one attached hydrogen (secondary N) is 1. The van der Waals surface area contributed by atoms with Crippen molar-refractivity contribution in [1.82, 2.24) is 19.9 Å². The van der Waals surface area contributed by atoms with Crippen LogP contribution in [0, 0.1) is 5.82 Å². The van der Waals surface area contributed by atoms with E-state index in [0.29, 0.717) is 39.1 Å². The maximum atomic E-state index is 13.5. The van der Waals surface area contributed by atoms with Crippen molar-refractivity contribution in [2.45, 2.75) is 36.7 Å². The van der Waals surface area contributed by atoms with Gasteiger partial charge in [0, 0.05) is 23.7 Å². The standard InChI is InChI=1S/C33H29BrFN5O5S/c1-22(43-14-15-46(41,42)31-8-2-3-12-36-31)33(11-5-13-45-33)30-18-26-28(19-37-30)38-21-39-32(26)40-25-9-10-29(27(34)17-25)44-20-23-6-4-7-24(35)16-23/h2-10,12-13,16-19,21-22H,11,14-15,20H2,1H3,(H,38,39,40). The normalized spacial score (nSPS) is 16.7. The van der Waals surface area contributed by atoms with Gasteiger partial charge in [-0.15, -0.1) is 0 Å². The van der Waals surface area contributed by atoms with Gasteiger partial charge >= 0.3 is 0 Å². The van der Waals surface area contributed by atoms with Gasteiger partial charge in [-0.25, -0.2) is 27.8 Å². The number of aromatic nitrogens is 4. The van der Waals surface area contributed by atoms with Gasteiger partial charge in [-0.1, -0.05) is 18.2 Å². The van der Waals surface area contributed by atoms with Crippen molar-refractivity contribution in [3.05, 3.63) is 119 Å². The third-order valence-electron chi connectivity index (χ3n) is 7.56. The van der Waals surface area contributed by atoms with Crippen molar-refractivity contribution < 1.29 is 27.0 Å². The van der Waals surface area contributed by atoms with E-state index in [1.807, 2.05) is 37.3 Å². The van der Waals surface area contributed by atoms with Crippen molar-refractivity contribution in [3.63, 3.8) is 0 Å². The minimum atomic E-state index is -3.61. The van der Waals surface area contributed by atoms with E-state index in [0.717, 1.165) is 11.3 Å². The monoisotopic (exact) mass is 705 g/mol. The Morgan fingerprint density at radius 2 is 1.96 bits per heavy atom. The van der Waals surface area contributed by atoms with E-state index in [2.05, 4.69) is 41.2 Å². The van der Waals surface area contributed by atoms with Crippen molar-refractivity contribution in [2.75, 3.05) is 17.7 Å². The van der Waals surface area contributed by atoms with Crippen LogP contribution < -0.4 is 10.1 Å². The SMILES string of the molecule is CC(OCCS(=O)(=O)c1ccccn1)C1(c2cc3c(Nc4ccc(OCc5cccc(F)c5)c(Br)c4)ncnc3cn2)CC=CO1. The predicted molar refractivity (Wildman–Crippen MR) is 174 cm³/mol. The molecular formula is C33H29BrFN5O5S. The highest BCUT2D eigenvalue weighted by atomic mass is 79.9. The van der Waals surface area contributed by atoms with Crippen molar-refractivity contribution >= 4 is 48.2 Å². The number of hydrogen-bond donors (Lipinski definition) is 1. The fourth-order valence-corrected chi connectivity index (χ4v) is 6.62. The van der Waals surface area contributed by atoms with E-state index >= 15 is 0 Å². The first-order valence-corrected chi connectivity index (χ1v) is 16.8. The molecule has 46 heavy (non-hydrogen) atoms. The van der Waals surface area contributed by atoms with Gasteiger partial charge in [0.05, 0.1) is 40.5 Å². The number of fused-ring (bicyclic) bond motifs is 1. The summed E-state index contributed by atoms with van der Waals surface area (Å²) in [4.78, 5) is 17.5. The van der Waals surface area contributed by atoms with Crippen LogP contribution in [-0.4, -0.2) is 46.8 Å². The van der Waals surface area contributed by atoms with Gasteiger partial charge in [-0.05, 0) is 83.0 Å². The summed E-state index contributed by atoms with van der Waals surface area (Å²) in [5.74, 6) is 0.606. The second-order valence-electron chi connectivity index (χ2n) is 10.6. The smallest absolute Gasteiger partial charge is 0.197 e. The summed E-state index contributed by atoms with van der Waals surface area (Å²) in [7, 11) is -3.61. The number of benzene rings is 2. The molecule has 2 aromatic carbocycles. The number of anilines is 2. The number of nitrogens with zero attached hydrogens (tertiary/aromatic N) is 4. The van der Waals surface area contributed by atoms with Gasteiger partial charge in [0.15, 0.2) is 20.5 Å². The summed E-state index contributed by atoms with van der Waals surface area (Å²) in [5.41, 5.74) is 1.68. The van der Waals surface area contributed by atoms with Gasteiger partial charge in [0.2, 0.25) is 0 Å². The van der Waals surface area contributed by atoms with Crippen LogP contribution in [0.15, 0.2) is 107 Å². The molecule has 2 atom stereocenters. The lowest BCUT2D eigenvalue weighted by molar-refractivity contribution is -0.0988. The highest BCUT2D eigenvalue weighted by Crippen LogP contribution is 2.40. The molecule has 0 spiro atoms. The maximum Gasteiger partial charge on any atom is 0.197 e. The van der Waals surface area contributed by atoms with Crippen LogP contribution in [-0.2, 0) is 31.5 Å². The van der Waals surface area contributed by atoms with Crippen LogP contribution in [0.5, 0.6) is 5.75 Å². The molecule has 0 saturated carbocycles. The van der Waals surface area contributed by atoms with E-state index in [4.69, 9.17) is 14.2 Å². The molecule has 4 heterocycles. The molecule has 2 unspecified atom stereocenters. The van der Waals surface area contributed by atoms with E-state index < -0.39 is 21.5 Å². The molecule has 5 aromatic rings. The Kier molecular flexibility index (Phi) is 9.24. The molecule has 0 bridgehead atoms. The molecule has 0 saturated heterocycles. The first kappa shape index (κ1) is 31.5. The molecule has 0 aliphatic carbocycles. The minimum Gasteiger partial charge on any atom is -0.488 e. The van der Waals surface area contributed by atoms with Gasteiger partial charge in [-0.3, -0.25) is 4.98 Å². The Hall–Kier alpha value is -4.46. The molecule has 3 aromatic heterocycles. The predicted octanol–water partition coefficient (Wildman–Crippen LogP) is 6.65. The van der Waals surface area contributed by atoms with Crippen LogP contribution in [0.25, 0.3) is 10.9 Å². The lowest BCUT2D eigenvalue weighted by atomic mass is 9.89. The van der Waals surface area contributed by atoms with E-state index in [9.17, 15) is 12.8 Å². The maximum absolute atomic E-state index is 13.5. The highest BCUT2D eigenvalue weighted by Gasteiger charge is 2.44. The number of halogens is 2. The van der Waals surface area contributed by atoms with E-state index in [1.54, 1.807) is 36.7 Å². The fraction of sp³-hybridized carbons (Fsp3) is 0.212. The molecular weight excluding hydrogens is 677 g/mol. The van der Waals surface area contributed by atoms with Crippen LogP contribution in [0.3, 0.4) is 0 Å². The van der Waals surface area contributed by atoms with Crippen molar-refractivity contribution in [2.24, 2.45) is 0 Å². The zero-order chi connectivity index (χ0) is 32.1. The largest absolute Gasteiger partial charge is 0.488 e. The topological polar surface area (TPSA) is 125 Å². The zero-order valence-electron chi connectivity index (χ0n) is 24.6. The summed E-state index contributed by atoms with van der Waals surface area (Å²) in [5, 5.41) is 4.06. The van der Waals surface area contributed by atoms with Crippen LogP contribution >= 0.6 is 15.9 Å². The Bertz CT molecular complexity index is 1990. The molecule has 0 fully saturated rings. The molecule has 6 rings (SSSR count). The lowest BCUT2D eigenvalue weighted by Gasteiger charge is -2.34. The minimum absolute atomic E-state index is 0.00837. The lowest BCUT2D eigenvalue weighted by Crippen LogP contribution is -2.40. The van der Waals surface area contributed by atoms with E-state index in [1.165, 1.54) is 30.7 Å². The fourth-order valence-electron chi connectivity index (χ4n) is 5.09. The summed E-state index contributed by atoms with van der Waals surface area (Å²) < 4.78 is 57.7. The van der Waals surface area contributed by atoms with Crippen LogP contribution in [0.4, 0.5) is 15.9 Å². The van der Waals surface area contributed by atoms with E-state index in [-0.39, 0.29) is 29.8 Å². The molecule has 0 radical (unpaired) electrons. The number of rotatable bonds is 12. The summed E-state index contributed by atoms with van der Waals surface area (Å²) in [6.07, 6.45) is 7.95. The Morgan fingerprint density at radius 1 is 1.07 bits per heavy atom. The number of ether oxygens (including phenoxy) is 3. The number of hydrogen-bond acceptors (Lipinski definition) is 10. The molecule has 1 aliphatic heterocycles. The molecule has 0 amide bonds. The van der Waals surface area contributed by atoms with Gasteiger partial charge in [-0.2, -0.15) is 0 Å². The summed E-state index contributed by atoms with van der Waals surface area (Å²) in [6.45, 7) is 2.00. The van der Waals surface area contributed by atoms with Gasteiger partial charge < -0.3 is 19.5 Å². The van der Waals surface area contributed by atoms with Crippen LogP contribution in [0.2, 0.25) is 0 Å². The molecule has 13 heteroatoms. The Labute approximate surface area is 273 Å². The quantitative estimate of drug-likeness (QED) is 0.151. The van der Waals surface area contributed by atoms with Gasteiger partial charge in [0.1, 0.15) is 36.4 Å². The van der Waals surface area contributed by atoms with Gasteiger partial charge in [0.25, 0.3) is 0 Å². The third kappa shape index (κ3) is 6.86. The summed E-state index contributed by atoms with van der Waals surface area (Å²) in [6, 6.07) is 18.4. The third-order valence-corrected chi connectivity index (χ3v) is 9.76. The number of pyridine rings is 2. The molecule has 1 aliphatic rings. The average Bonchev–Trinajstić information content (AvgIpc) is 3.56. The zero-order valence-corrected chi connectivity index (χ0v) is 27.0. The van der Waals surface area contributed by atoms with Crippen LogP contribution in [0.1, 0.15) is 24.6 Å². The Balaban J connectivity index is 1.19. The molecule has 10 nitrogen and oxygen atoms in total. The number of sulfone groups is 1. The first-order valence-electron chi connectivity index (χ1n) is 14.4. The average molecular weight is 707 g/mol.